The molecule has 3 aliphatic rings. The molecular formula is C36H42O12. The Morgan fingerprint density at radius 1 is 0.229 bits per heavy atom. The molecule has 0 heterocycles. The van der Waals surface area contributed by atoms with Crippen LogP contribution >= 0.6 is 0 Å². The van der Waals surface area contributed by atoms with Crippen molar-refractivity contribution < 1.29 is 56.8 Å². The van der Waals surface area contributed by atoms with Crippen LogP contribution in [0.15, 0.2) is 36.4 Å². The van der Waals surface area contributed by atoms with Crippen LogP contribution in [0.25, 0.3) is 32.3 Å². The third kappa shape index (κ3) is 3.15. The van der Waals surface area contributed by atoms with Gasteiger partial charge in [-0.3, -0.25) is 0 Å². The third-order valence-corrected chi connectivity index (χ3v) is 11.2. The second-order valence-electron chi connectivity index (χ2n) is 12.0. The normalized spacial score (nSPS) is 21.2. The quantitative estimate of drug-likeness (QED) is 0.152. The molecule has 0 aliphatic heterocycles. The van der Waals surface area contributed by atoms with E-state index >= 15 is 0 Å². The van der Waals surface area contributed by atoms with E-state index < -0.39 is 34.7 Å². The lowest BCUT2D eigenvalue weighted by Crippen LogP contribution is -2.63. The minimum atomic E-state index is -1.33. The first-order chi connectivity index (χ1) is 23.1. The van der Waals surface area contributed by atoms with E-state index in [9.17, 15) is 0 Å². The third-order valence-electron chi connectivity index (χ3n) is 11.2. The lowest BCUT2D eigenvalue weighted by Gasteiger charge is -2.56. The van der Waals surface area contributed by atoms with E-state index in [1.54, 1.807) is 85.3 Å². The van der Waals surface area contributed by atoms with E-state index in [0.717, 1.165) is 65.7 Å². The van der Waals surface area contributed by atoms with Crippen molar-refractivity contribution in [2.24, 2.45) is 0 Å². The minimum absolute atomic E-state index is 0.768. The molecule has 0 saturated carbocycles. The van der Waals surface area contributed by atoms with E-state index in [4.69, 9.17) is 56.8 Å². The molecular weight excluding hydrogens is 624 g/mol. The molecule has 0 fully saturated rings. The first-order valence-electron chi connectivity index (χ1n) is 15.3. The van der Waals surface area contributed by atoms with E-state index in [1.165, 1.54) is 0 Å². The van der Waals surface area contributed by atoms with Gasteiger partial charge in [-0.1, -0.05) is 0 Å². The maximum Gasteiger partial charge on any atom is 0.256 e. The number of hydrogen-bond donors (Lipinski definition) is 0. The standard InChI is InChI=1S/C36H42O12/c1-37-31(38-2)25-13-19-20(14-26(25)32(31,39-3)40-4)22-16-28-30(36(47-11,48-12)34(28,43-7)44-8)18-24(22)23-17-29-27(15-21(19)23)33(41-5,42-6)35(29,45-9)46-10/h13-18H,1-12H3. The summed E-state index contributed by atoms with van der Waals surface area (Å²) >= 11 is 0. The molecule has 12 nitrogen and oxygen atoms in total. The van der Waals surface area contributed by atoms with Crippen LogP contribution in [0.2, 0.25) is 0 Å². The summed E-state index contributed by atoms with van der Waals surface area (Å²) in [6, 6.07) is 12.4. The van der Waals surface area contributed by atoms with Gasteiger partial charge in [-0.25, -0.2) is 0 Å². The summed E-state index contributed by atoms with van der Waals surface area (Å²) in [5, 5.41) is 5.48. The fourth-order valence-electron chi connectivity index (χ4n) is 9.08. The molecule has 0 atom stereocenters. The predicted octanol–water partition coefficient (Wildman–Crippen LogP) is 4.86. The zero-order chi connectivity index (χ0) is 34.7. The highest BCUT2D eigenvalue weighted by Crippen LogP contribution is 2.64. The van der Waals surface area contributed by atoms with Crippen molar-refractivity contribution in [2.75, 3.05) is 85.3 Å². The zero-order valence-corrected chi connectivity index (χ0v) is 29.4. The van der Waals surface area contributed by atoms with Gasteiger partial charge in [0.15, 0.2) is 0 Å². The Bertz CT molecular complexity index is 1550. The highest BCUT2D eigenvalue weighted by Gasteiger charge is 2.70. The molecule has 4 aromatic carbocycles. The largest absolute Gasteiger partial charge is 0.345 e. The lowest BCUT2D eigenvalue weighted by atomic mass is 9.69. The van der Waals surface area contributed by atoms with Crippen molar-refractivity contribution in [2.45, 2.75) is 34.7 Å². The van der Waals surface area contributed by atoms with Gasteiger partial charge in [-0.2, -0.15) is 0 Å². The summed E-state index contributed by atoms with van der Waals surface area (Å²) in [7, 11) is 18.8. The Kier molecular flexibility index (Phi) is 7.60. The zero-order valence-electron chi connectivity index (χ0n) is 29.4. The van der Waals surface area contributed by atoms with E-state index in [0.29, 0.717) is 0 Å². The molecule has 258 valence electrons. The van der Waals surface area contributed by atoms with Crippen LogP contribution in [0.5, 0.6) is 0 Å². The molecule has 12 heteroatoms. The van der Waals surface area contributed by atoms with Gasteiger partial charge in [0.1, 0.15) is 0 Å². The number of ether oxygens (including phenoxy) is 12. The summed E-state index contributed by atoms with van der Waals surface area (Å²) in [5.41, 5.74) is 4.61. The van der Waals surface area contributed by atoms with Gasteiger partial charge < -0.3 is 56.8 Å². The highest BCUT2D eigenvalue weighted by molar-refractivity contribution is 6.26. The van der Waals surface area contributed by atoms with Crippen molar-refractivity contribution >= 4 is 32.3 Å². The maximum atomic E-state index is 6.02. The molecule has 3 aliphatic carbocycles. The molecule has 0 spiro atoms. The summed E-state index contributed by atoms with van der Waals surface area (Å²) in [5.74, 6) is -7.98. The SMILES string of the molecule is COC1(OC)c2cc3c4cc5c(cc4c4cc6c(cc4c3cc2C1(OC)OC)C(OC)(OC)C6(OC)OC)C(OC)(OC)C5(OC)OC. The van der Waals surface area contributed by atoms with Crippen LogP contribution in [0.3, 0.4) is 0 Å². The minimum Gasteiger partial charge on any atom is -0.345 e. The van der Waals surface area contributed by atoms with Crippen molar-refractivity contribution in [3.63, 3.8) is 0 Å². The Morgan fingerprint density at radius 3 is 0.417 bits per heavy atom. The molecule has 4 aromatic rings. The van der Waals surface area contributed by atoms with Gasteiger partial charge in [-0.15, -0.1) is 0 Å². The Balaban J connectivity index is 1.69. The Morgan fingerprint density at radius 2 is 0.333 bits per heavy atom. The van der Waals surface area contributed by atoms with E-state index in [2.05, 4.69) is 36.4 Å². The molecule has 0 N–H and O–H groups in total. The molecule has 0 saturated heterocycles. The van der Waals surface area contributed by atoms with Gasteiger partial charge in [0.05, 0.1) is 0 Å². The highest BCUT2D eigenvalue weighted by atomic mass is 16.8. The van der Waals surface area contributed by atoms with Crippen LogP contribution in [0, 0.1) is 0 Å². The molecule has 0 amide bonds. The van der Waals surface area contributed by atoms with Gasteiger partial charge >= 0.3 is 0 Å². The number of rotatable bonds is 12. The average Bonchev–Trinajstić information content (AvgIpc) is 3.12. The average molecular weight is 667 g/mol. The summed E-state index contributed by atoms with van der Waals surface area (Å²) < 4.78 is 72.2. The first kappa shape index (κ1) is 33.7. The van der Waals surface area contributed by atoms with Crippen LogP contribution in [-0.2, 0) is 91.6 Å². The maximum absolute atomic E-state index is 6.02. The molecule has 0 radical (unpaired) electrons. The smallest absolute Gasteiger partial charge is 0.256 e. The number of fused-ring (bicyclic) bond motifs is 9. The van der Waals surface area contributed by atoms with Gasteiger partial charge in [-0.05, 0) is 68.7 Å². The monoisotopic (exact) mass is 666 g/mol. The van der Waals surface area contributed by atoms with Crippen molar-refractivity contribution in [3.05, 3.63) is 69.8 Å². The van der Waals surface area contributed by atoms with Crippen LogP contribution < -0.4 is 0 Å². The van der Waals surface area contributed by atoms with Crippen LogP contribution in [0.1, 0.15) is 33.4 Å². The molecule has 0 aromatic heterocycles. The second-order valence-corrected chi connectivity index (χ2v) is 12.0. The van der Waals surface area contributed by atoms with Crippen LogP contribution in [-0.4, -0.2) is 85.3 Å². The van der Waals surface area contributed by atoms with Crippen LogP contribution in [0.4, 0.5) is 0 Å². The topological polar surface area (TPSA) is 111 Å². The van der Waals surface area contributed by atoms with Gasteiger partial charge in [0.2, 0.25) is 0 Å². The summed E-state index contributed by atoms with van der Waals surface area (Å²) in [6.45, 7) is 0. The Labute approximate surface area is 278 Å². The fraction of sp³-hybridized carbons (Fsp3) is 0.500. The number of benzene rings is 4. The Hall–Kier alpha value is -2.82. The molecule has 48 heavy (non-hydrogen) atoms. The van der Waals surface area contributed by atoms with E-state index in [1.807, 2.05) is 0 Å². The molecule has 0 bridgehead atoms. The van der Waals surface area contributed by atoms with Gasteiger partial charge in [0.25, 0.3) is 34.7 Å². The van der Waals surface area contributed by atoms with Crippen molar-refractivity contribution in [1.82, 2.24) is 0 Å². The number of hydrogen-bond acceptors (Lipinski definition) is 12. The van der Waals surface area contributed by atoms with Crippen molar-refractivity contribution in [3.8, 4) is 0 Å². The van der Waals surface area contributed by atoms with E-state index in [-0.39, 0.29) is 0 Å². The predicted molar refractivity (Wildman–Crippen MR) is 173 cm³/mol. The first-order valence-corrected chi connectivity index (χ1v) is 15.3. The number of methoxy groups -OCH3 is 12. The fourth-order valence-corrected chi connectivity index (χ4v) is 9.08. The summed E-state index contributed by atoms with van der Waals surface area (Å²) in [6.07, 6.45) is 0. The van der Waals surface area contributed by atoms with Gasteiger partial charge in [0, 0.05) is 119 Å². The second kappa shape index (κ2) is 10.8. The lowest BCUT2D eigenvalue weighted by molar-refractivity contribution is -0.429. The molecule has 0 unspecified atom stereocenters. The summed E-state index contributed by atoms with van der Waals surface area (Å²) in [4.78, 5) is 0. The van der Waals surface area contributed by atoms with Crippen molar-refractivity contribution in [1.29, 1.82) is 0 Å². The molecule has 7 rings (SSSR count).